The van der Waals surface area contributed by atoms with Crippen molar-refractivity contribution in [2.75, 3.05) is 0 Å². The zero-order chi connectivity index (χ0) is 24.9. The van der Waals surface area contributed by atoms with Gasteiger partial charge in [0.25, 0.3) is 0 Å². The van der Waals surface area contributed by atoms with Crippen LogP contribution in [0.5, 0.6) is 5.75 Å². The van der Waals surface area contributed by atoms with E-state index in [9.17, 15) is 5.11 Å². The van der Waals surface area contributed by atoms with E-state index in [4.69, 9.17) is 0 Å². The molecule has 0 saturated heterocycles. The summed E-state index contributed by atoms with van der Waals surface area (Å²) in [4.78, 5) is 6.98. The Bertz CT molecular complexity index is 955. The van der Waals surface area contributed by atoms with Crippen LogP contribution in [0.2, 0.25) is 0 Å². The SMILES string of the molecule is CC.CC.Cn1cc[c-]c1CN(Cc1ccccc1O)C1CCCCC1NCc1nccn1C.[CH3-].[Mn+2]. The molecule has 3 aromatic rings. The number of para-hydroxylation sites is 1. The van der Waals surface area contributed by atoms with Gasteiger partial charge in [-0.05, 0) is 26.0 Å². The van der Waals surface area contributed by atoms with Crippen molar-refractivity contribution in [3.8, 4) is 5.75 Å². The Morgan fingerprint density at radius 1 is 1.03 bits per heavy atom. The van der Waals surface area contributed by atoms with Gasteiger partial charge in [0.2, 0.25) is 0 Å². The molecular formula is C29H47MnN5O. The van der Waals surface area contributed by atoms with E-state index in [0.717, 1.165) is 43.9 Å². The number of hydrogen-bond acceptors (Lipinski definition) is 4. The van der Waals surface area contributed by atoms with Crippen molar-refractivity contribution in [2.24, 2.45) is 14.1 Å². The van der Waals surface area contributed by atoms with Crippen molar-refractivity contribution in [2.45, 2.75) is 85.1 Å². The zero-order valence-electron chi connectivity index (χ0n) is 23.3. The average molecular weight is 537 g/mol. The van der Waals surface area contributed by atoms with Crippen molar-refractivity contribution >= 4 is 0 Å². The van der Waals surface area contributed by atoms with Gasteiger partial charge in [-0.15, -0.1) is 6.20 Å². The fourth-order valence-corrected chi connectivity index (χ4v) is 4.52. The molecule has 1 radical (unpaired) electrons. The third-order valence-corrected chi connectivity index (χ3v) is 6.33. The van der Waals surface area contributed by atoms with Gasteiger partial charge >= 0.3 is 17.1 Å². The molecule has 2 aromatic heterocycles. The van der Waals surface area contributed by atoms with Gasteiger partial charge in [-0.1, -0.05) is 64.4 Å². The van der Waals surface area contributed by atoms with Crippen molar-refractivity contribution < 1.29 is 22.2 Å². The van der Waals surface area contributed by atoms with Crippen LogP contribution < -0.4 is 5.32 Å². The van der Waals surface area contributed by atoms with E-state index in [1.54, 1.807) is 6.07 Å². The summed E-state index contributed by atoms with van der Waals surface area (Å²) in [6.07, 6.45) is 10.7. The molecule has 1 aromatic carbocycles. The minimum atomic E-state index is 0. The molecule has 2 N–H and O–H groups in total. The standard InChI is InChI=1S/C24H32N5O.2C2H6.CH3.Mn/c1-27-14-7-9-20(27)18-29(17-19-8-3-6-12-23(19)30)22-11-5-4-10-21(22)26-16-24-25-13-15-28(24)2;2*1-2;;/h3,6-8,12-15,21-22,26,30H,4-5,10-11,16-18H2,1-2H3;2*1-2H3;1H3;/q-1;;;-1;+2. The minimum absolute atomic E-state index is 0. The summed E-state index contributed by atoms with van der Waals surface area (Å²) >= 11 is 0. The third-order valence-electron chi connectivity index (χ3n) is 6.33. The molecule has 1 fully saturated rings. The fraction of sp³-hybridized carbons (Fsp3) is 0.517. The molecule has 0 amide bonds. The molecule has 0 spiro atoms. The Kier molecular flexibility index (Phi) is 17.2. The largest absolute Gasteiger partial charge is 2.00 e. The molecule has 201 valence electrons. The molecule has 6 nitrogen and oxygen atoms in total. The van der Waals surface area contributed by atoms with Crippen molar-refractivity contribution in [1.29, 1.82) is 0 Å². The Labute approximate surface area is 230 Å². The first kappa shape index (κ1) is 33.9. The number of nitrogens with one attached hydrogen (secondary N) is 1. The minimum Gasteiger partial charge on any atom is -0.508 e. The Balaban J connectivity index is 0.00000195. The summed E-state index contributed by atoms with van der Waals surface area (Å²) in [7, 11) is 4.11. The van der Waals surface area contributed by atoms with Gasteiger partial charge in [0.15, 0.2) is 0 Å². The quantitative estimate of drug-likeness (QED) is 0.279. The molecule has 1 saturated carbocycles. The molecule has 1 aliphatic carbocycles. The van der Waals surface area contributed by atoms with Crippen LogP contribution in [0.15, 0.2) is 48.9 Å². The number of phenols is 1. The van der Waals surface area contributed by atoms with Crippen molar-refractivity contribution in [3.05, 3.63) is 79.5 Å². The van der Waals surface area contributed by atoms with E-state index >= 15 is 0 Å². The van der Waals surface area contributed by atoms with E-state index in [1.807, 2.05) is 77.6 Å². The first-order valence-electron chi connectivity index (χ1n) is 12.8. The summed E-state index contributed by atoms with van der Waals surface area (Å²) in [5, 5.41) is 14.2. The number of aromatic nitrogens is 3. The summed E-state index contributed by atoms with van der Waals surface area (Å²) < 4.78 is 4.21. The van der Waals surface area contributed by atoms with E-state index in [2.05, 4.69) is 37.4 Å². The van der Waals surface area contributed by atoms with Gasteiger partial charge < -0.3 is 27.0 Å². The van der Waals surface area contributed by atoms with Gasteiger partial charge in [-0.2, -0.15) is 0 Å². The van der Waals surface area contributed by atoms with E-state index in [1.165, 1.54) is 18.5 Å². The number of imidazole rings is 1. The molecule has 2 heterocycles. The van der Waals surface area contributed by atoms with E-state index in [-0.39, 0.29) is 24.5 Å². The van der Waals surface area contributed by atoms with Gasteiger partial charge in [0.1, 0.15) is 11.6 Å². The number of nitrogens with zero attached hydrogens (tertiary/aromatic N) is 4. The fourth-order valence-electron chi connectivity index (χ4n) is 4.52. The first-order chi connectivity index (χ1) is 16.6. The summed E-state index contributed by atoms with van der Waals surface area (Å²) in [6, 6.07) is 13.8. The molecule has 2 atom stereocenters. The Hall–Kier alpha value is -2.05. The number of benzene rings is 1. The smallest absolute Gasteiger partial charge is 0.508 e. The molecule has 4 rings (SSSR count). The van der Waals surface area contributed by atoms with Crippen LogP contribution in [0, 0.1) is 13.5 Å². The number of aromatic hydroxyl groups is 1. The molecular weight excluding hydrogens is 489 g/mol. The third kappa shape index (κ3) is 9.44. The van der Waals surface area contributed by atoms with E-state index < -0.39 is 0 Å². The second kappa shape index (κ2) is 18.2. The predicted octanol–water partition coefficient (Wildman–Crippen LogP) is 5.87. The monoisotopic (exact) mass is 536 g/mol. The summed E-state index contributed by atoms with van der Waals surface area (Å²) in [5.41, 5.74) is 2.14. The maximum Gasteiger partial charge on any atom is 2.00 e. The second-order valence-electron chi connectivity index (χ2n) is 8.34. The number of phenolic OH excluding ortho intramolecular Hbond substituents is 1. The maximum absolute atomic E-state index is 10.4. The van der Waals surface area contributed by atoms with Crippen molar-refractivity contribution in [1.82, 2.24) is 24.3 Å². The zero-order valence-corrected chi connectivity index (χ0v) is 24.5. The molecule has 0 bridgehead atoms. The van der Waals surface area contributed by atoms with Gasteiger partial charge in [0, 0.05) is 50.2 Å². The van der Waals surface area contributed by atoms with Crippen molar-refractivity contribution in [3.63, 3.8) is 0 Å². The van der Waals surface area contributed by atoms with Crippen LogP contribution in [0.4, 0.5) is 0 Å². The maximum atomic E-state index is 10.4. The Morgan fingerprint density at radius 2 is 1.72 bits per heavy atom. The van der Waals surface area contributed by atoms with Crippen LogP contribution in [0.1, 0.15) is 70.5 Å². The van der Waals surface area contributed by atoms with Gasteiger partial charge in [-0.25, -0.2) is 17.1 Å². The van der Waals surface area contributed by atoms with Crippen LogP contribution in [-0.4, -0.2) is 36.2 Å². The summed E-state index contributed by atoms with van der Waals surface area (Å²) in [6.45, 7) is 10.3. The topological polar surface area (TPSA) is 58.2 Å². The molecule has 7 heteroatoms. The van der Waals surface area contributed by atoms with Crippen LogP contribution in [-0.2, 0) is 50.8 Å². The van der Waals surface area contributed by atoms with Crippen LogP contribution in [0.25, 0.3) is 0 Å². The molecule has 2 unspecified atom stereocenters. The van der Waals surface area contributed by atoms with Gasteiger partial charge in [-0.3, -0.25) is 4.90 Å². The predicted molar refractivity (Wildman–Crippen MR) is 147 cm³/mol. The second-order valence-corrected chi connectivity index (χ2v) is 8.34. The number of aryl methyl sites for hydroxylation is 2. The first-order valence-corrected chi connectivity index (χ1v) is 12.8. The van der Waals surface area contributed by atoms with Crippen LogP contribution >= 0.6 is 0 Å². The summed E-state index contributed by atoms with van der Waals surface area (Å²) in [5.74, 6) is 1.43. The van der Waals surface area contributed by atoms with E-state index in [0.29, 0.717) is 17.8 Å². The number of hydrogen-bond donors (Lipinski definition) is 2. The number of rotatable bonds is 8. The molecule has 0 aliphatic heterocycles. The normalized spacial score (nSPS) is 16.5. The van der Waals surface area contributed by atoms with Gasteiger partial charge in [0.05, 0.1) is 6.54 Å². The average Bonchev–Trinajstić information content (AvgIpc) is 3.48. The molecule has 36 heavy (non-hydrogen) atoms. The Morgan fingerprint density at radius 3 is 2.33 bits per heavy atom. The molecule has 1 aliphatic rings. The van der Waals surface area contributed by atoms with Crippen LogP contribution in [0.3, 0.4) is 0 Å².